The van der Waals surface area contributed by atoms with Crippen molar-refractivity contribution in [1.82, 2.24) is 15.0 Å². The highest BCUT2D eigenvalue weighted by atomic mass is 35.5. The van der Waals surface area contributed by atoms with Gasteiger partial charge in [-0.1, -0.05) is 11.6 Å². The molecule has 0 bridgehead atoms. The molecule has 0 aliphatic carbocycles. The summed E-state index contributed by atoms with van der Waals surface area (Å²) < 4.78 is 1.12. The Labute approximate surface area is 60.5 Å². The minimum Gasteiger partial charge on any atom is -0.358 e. The molecule has 0 radical (unpaired) electrons. The predicted octanol–water partition coefficient (Wildman–Crippen LogP) is 0.377. The highest BCUT2D eigenvalue weighted by molar-refractivity contribution is 6.31. The summed E-state index contributed by atoms with van der Waals surface area (Å²) >= 11 is 5.40. The van der Waals surface area contributed by atoms with E-state index >= 15 is 0 Å². The van der Waals surface area contributed by atoms with Gasteiger partial charge in [0.15, 0.2) is 0 Å². The zero-order chi connectivity index (χ0) is 7.72. The number of rotatable bonds is 1. The zero-order valence-corrected chi connectivity index (χ0v) is 5.74. The van der Waals surface area contributed by atoms with Gasteiger partial charge in [0.25, 0.3) is 0 Å². The lowest BCUT2D eigenvalue weighted by Crippen LogP contribution is -1.90. The third kappa shape index (κ3) is 0.926. The summed E-state index contributed by atoms with van der Waals surface area (Å²) in [5.74, 6) is -0.413. The molecular weight excluding hydrogens is 160 g/mol. The van der Waals surface area contributed by atoms with Gasteiger partial charge in [-0.15, -0.1) is 0 Å². The molecule has 0 N–H and O–H groups in total. The lowest BCUT2D eigenvalue weighted by atomic mass is 10.8. The molecule has 0 amide bonds. The first-order valence-electron chi connectivity index (χ1n) is 2.32. The van der Waals surface area contributed by atoms with Crippen LogP contribution in [-0.4, -0.2) is 19.9 Å². The second-order valence-corrected chi connectivity index (χ2v) is 1.94. The average Bonchev–Trinajstić information content (AvgIpc) is 2.14. The molecule has 0 aliphatic rings. The Morgan fingerprint density at radius 3 is 2.60 bits per heavy atom. The van der Waals surface area contributed by atoms with E-state index in [2.05, 4.69) is 10.3 Å². The van der Waals surface area contributed by atoms with Gasteiger partial charge in [0.1, 0.15) is 5.10 Å². The Morgan fingerprint density at radius 2 is 2.40 bits per heavy atom. The Hall–Kier alpha value is -1.17. The number of hydrogen-bond donors (Lipinski definition) is 0. The van der Waals surface area contributed by atoms with E-state index in [1.807, 2.05) is 0 Å². The van der Waals surface area contributed by atoms with Crippen molar-refractivity contribution in [3.05, 3.63) is 15.3 Å². The van der Waals surface area contributed by atoms with E-state index in [9.17, 15) is 10.1 Å². The molecule has 0 unspecified atom stereocenters. The molecule has 0 spiro atoms. The molecule has 1 aromatic heterocycles. The van der Waals surface area contributed by atoms with Crippen LogP contribution in [-0.2, 0) is 7.05 Å². The fraction of sp³-hybridized carbons (Fsp3) is 0.333. The SMILES string of the molecule is Cn1nnc([N+](=O)[O-])c1Cl. The maximum atomic E-state index is 10.0. The molecule has 1 rings (SSSR count). The van der Waals surface area contributed by atoms with Crippen LogP contribution in [0.1, 0.15) is 0 Å². The first-order chi connectivity index (χ1) is 4.63. The monoisotopic (exact) mass is 162 g/mol. The number of aryl methyl sites for hydroxylation is 1. The van der Waals surface area contributed by atoms with Crippen LogP contribution in [0, 0.1) is 10.1 Å². The number of nitro groups is 1. The molecule has 1 heterocycles. The summed E-state index contributed by atoms with van der Waals surface area (Å²) in [5.41, 5.74) is 0. The third-order valence-corrected chi connectivity index (χ3v) is 1.33. The molecule has 10 heavy (non-hydrogen) atoms. The zero-order valence-electron chi connectivity index (χ0n) is 4.98. The normalized spacial score (nSPS) is 9.80. The molecule has 0 saturated heterocycles. The predicted molar refractivity (Wildman–Crippen MR) is 32.7 cm³/mol. The van der Waals surface area contributed by atoms with E-state index in [-0.39, 0.29) is 5.15 Å². The van der Waals surface area contributed by atoms with Crippen molar-refractivity contribution < 1.29 is 4.92 Å². The molecule has 0 fully saturated rings. The van der Waals surface area contributed by atoms with Crippen molar-refractivity contribution in [2.24, 2.45) is 7.05 Å². The van der Waals surface area contributed by atoms with E-state index in [0.29, 0.717) is 0 Å². The van der Waals surface area contributed by atoms with Crippen LogP contribution in [0.3, 0.4) is 0 Å². The van der Waals surface area contributed by atoms with Crippen LogP contribution < -0.4 is 0 Å². The second kappa shape index (κ2) is 2.22. The number of nitrogens with zero attached hydrogens (tertiary/aromatic N) is 4. The third-order valence-electron chi connectivity index (χ3n) is 0.915. The van der Waals surface area contributed by atoms with Gasteiger partial charge in [0.05, 0.1) is 5.21 Å². The van der Waals surface area contributed by atoms with Crippen molar-refractivity contribution in [2.45, 2.75) is 0 Å². The quantitative estimate of drug-likeness (QED) is 0.442. The minimum absolute atomic E-state index is 0.0648. The summed E-state index contributed by atoms with van der Waals surface area (Å²) in [6.45, 7) is 0. The van der Waals surface area contributed by atoms with Crippen LogP contribution in [0.5, 0.6) is 0 Å². The minimum atomic E-state index is -0.685. The Kier molecular flexibility index (Phi) is 1.54. The second-order valence-electron chi connectivity index (χ2n) is 1.58. The maximum absolute atomic E-state index is 10.0. The summed E-state index contributed by atoms with van der Waals surface area (Å²) in [6, 6.07) is 0. The Balaban J connectivity index is 3.17. The summed E-state index contributed by atoms with van der Waals surface area (Å²) in [5, 5.41) is 16.5. The summed E-state index contributed by atoms with van der Waals surface area (Å²) in [7, 11) is 1.47. The van der Waals surface area contributed by atoms with E-state index in [0.717, 1.165) is 4.68 Å². The topological polar surface area (TPSA) is 73.8 Å². The van der Waals surface area contributed by atoms with Crippen LogP contribution in [0.15, 0.2) is 0 Å². The van der Waals surface area contributed by atoms with Gasteiger partial charge < -0.3 is 10.1 Å². The first-order valence-corrected chi connectivity index (χ1v) is 2.70. The Morgan fingerprint density at radius 1 is 1.80 bits per heavy atom. The highest BCUT2D eigenvalue weighted by Crippen LogP contribution is 2.18. The number of halogens is 1. The molecule has 0 aromatic carbocycles. The Bertz CT molecular complexity index is 269. The van der Waals surface area contributed by atoms with Crippen molar-refractivity contribution >= 4 is 17.4 Å². The van der Waals surface area contributed by atoms with Gasteiger partial charge >= 0.3 is 5.82 Å². The van der Waals surface area contributed by atoms with Crippen LogP contribution >= 0.6 is 11.6 Å². The smallest absolute Gasteiger partial charge is 0.358 e. The molecule has 1 aromatic rings. The first kappa shape index (κ1) is 6.94. The van der Waals surface area contributed by atoms with E-state index in [4.69, 9.17) is 11.6 Å². The summed E-state index contributed by atoms with van der Waals surface area (Å²) in [4.78, 5) is 9.36. The fourth-order valence-corrected chi connectivity index (χ4v) is 0.587. The van der Waals surface area contributed by atoms with Crippen LogP contribution in [0.25, 0.3) is 0 Å². The van der Waals surface area contributed by atoms with Gasteiger partial charge in [-0.05, 0) is 4.92 Å². The molecule has 7 heteroatoms. The largest absolute Gasteiger partial charge is 0.429 e. The van der Waals surface area contributed by atoms with E-state index < -0.39 is 10.7 Å². The summed E-state index contributed by atoms with van der Waals surface area (Å²) in [6.07, 6.45) is 0. The molecular formula is C3H3ClN4O2. The van der Waals surface area contributed by atoms with Gasteiger partial charge in [-0.25, -0.2) is 4.68 Å². The van der Waals surface area contributed by atoms with Crippen molar-refractivity contribution in [2.75, 3.05) is 0 Å². The number of hydrogen-bond acceptors (Lipinski definition) is 4. The van der Waals surface area contributed by atoms with E-state index in [1.165, 1.54) is 7.05 Å². The molecule has 6 nitrogen and oxygen atoms in total. The molecule has 0 atom stereocenters. The van der Waals surface area contributed by atoms with Crippen molar-refractivity contribution in [3.8, 4) is 0 Å². The van der Waals surface area contributed by atoms with Gasteiger partial charge in [0, 0.05) is 7.05 Å². The number of aromatic nitrogens is 3. The highest BCUT2D eigenvalue weighted by Gasteiger charge is 2.19. The van der Waals surface area contributed by atoms with E-state index in [1.54, 1.807) is 0 Å². The van der Waals surface area contributed by atoms with Crippen LogP contribution in [0.4, 0.5) is 5.82 Å². The maximum Gasteiger partial charge on any atom is 0.429 e. The van der Waals surface area contributed by atoms with Gasteiger partial charge in [0.2, 0.25) is 5.15 Å². The molecule has 0 aliphatic heterocycles. The molecule has 0 saturated carbocycles. The van der Waals surface area contributed by atoms with Gasteiger partial charge in [-0.2, -0.15) is 0 Å². The lowest BCUT2D eigenvalue weighted by Gasteiger charge is -1.86. The molecule has 54 valence electrons. The van der Waals surface area contributed by atoms with Crippen molar-refractivity contribution in [1.29, 1.82) is 0 Å². The van der Waals surface area contributed by atoms with Crippen LogP contribution in [0.2, 0.25) is 5.15 Å². The fourth-order valence-electron chi connectivity index (χ4n) is 0.447. The lowest BCUT2D eigenvalue weighted by molar-refractivity contribution is -0.389. The van der Waals surface area contributed by atoms with Gasteiger partial charge in [-0.3, -0.25) is 0 Å². The average molecular weight is 163 g/mol. The van der Waals surface area contributed by atoms with Crippen molar-refractivity contribution in [3.63, 3.8) is 0 Å². The standard InChI is InChI=1S/C3H3ClN4O2/c1-7-2(4)3(5-6-7)8(9)10/h1H3.